The SMILES string of the molecule is CC(=O)CNCC(C)(C)c1cc(C)c(C)cc1C. The van der Waals surface area contributed by atoms with Crippen molar-refractivity contribution in [3.8, 4) is 0 Å². The summed E-state index contributed by atoms with van der Waals surface area (Å²) in [6, 6.07) is 4.53. The van der Waals surface area contributed by atoms with E-state index >= 15 is 0 Å². The Bertz CT molecular complexity index is 447. The number of hydrogen-bond donors (Lipinski definition) is 1. The molecule has 0 saturated heterocycles. The number of rotatable bonds is 5. The number of nitrogens with one attached hydrogen (secondary N) is 1. The van der Waals surface area contributed by atoms with Gasteiger partial charge in [0.15, 0.2) is 0 Å². The number of benzene rings is 1. The van der Waals surface area contributed by atoms with Crippen LogP contribution in [0.1, 0.15) is 43.0 Å². The van der Waals surface area contributed by atoms with E-state index < -0.39 is 0 Å². The lowest BCUT2D eigenvalue weighted by Gasteiger charge is -2.28. The van der Waals surface area contributed by atoms with Crippen LogP contribution in [0.5, 0.6) is 0 Å². The third-order valence-corrected chi connectivity index (χ3v) is 3.51. The van der Waals surface area contributed by atoms with E-state index in [2.05, 4.69) is 52.1 Å². The van der Waals surface area contributed by atoms with Gasteiger partial charge >= 0.3 is 0 Å². The summed E-state index contributed by atoms with van der Waals surface area (Å²) < 4.78 is 0. The van der Waals surface area contributed by atoms with Gasteiger partial charge in [-0.25, -0.2) is 0 Å². The first-order valence-corrected chi connectivity index (χ1v) is 6.52. The Morgan fingerprint density at radius 2 is 1.67 bits per heavy atom. The van der Waals surface area contributed by atoms with Crippen molar-refractivity contribution >= 4 is 5.78 Å². The largest absolute Gasteiger partial charge is 0.309 e. The quantitative estimate of drug-likeness (QED) is 0.866. The van der Waals surface area contributed by atoms with Gasteiger partial charge in [-0.2, -0.15) is 0 Å². The summed E-state index contributed by atoms with van der Waals surface area (Å²) >= 11 is 0. The predicted molar refractivity (Wildman–Crippen MR) is 77.2 cm³/mol. The zero-order valence-corrected chi connectivity index (χ0v) is 12.5. The van der Waals surface area contributed by atoms with Crippen LogP contribution in [0, 0.1) is 20.8 Å². The monoisotopic (exact) mass is 247 g/mol. The molecule has 0 unspecified atom stereocenters. The summed E-state index contributed by atoms with van der Waals surface area (Å²) in [5.41, 5.74) is 5.39. The smallest absolute Gasteiger partial charge is 0.143 e. The van der Waals surface area contributed by atoms with Crippen molar-refractivity contribution in [3.63, 3.8) is 0 Å². The van der Waals surface area contributed by atoms with Crippen molar-refractivity contribution in [3.05, 3.63) is 34.4 Å². The minimum atomic E-state index is 0.0397. The van der Waals surface area contributed by atoms with Crippen LogP contribution >= 0.6 is 0 Å². The average molecular weight is 247 g/mol. The second-order valence-electron chi connectivity index (χ2n) is 5.94. The molecule has 0 aliphatic carbocycles. The molecule has 0 atom stereocenters. The van der Waals surface area contributed by atoms with Crippen LogP contribution in [0.2, 0.25) is 0 Å². The Kier molecular flexibility index (Phi) is 4.69. The van der Waals surface area contributed by atoms with E-state index in [0.717, 1.165) is 6.54 Å². The molecule has 0 fully saturated rings. The molecule has 0 spiro atoms. The Hall–Kier alpha value is -1.15. The highest BCUT2D eigenvalue weighted by atomic mass is 16.1. The third kappa shape index (κ3) is 3.67. The van der Waals surface area contributed by atoms with E-state index in [-0.39, 0.29) is 11.2 Å². The Morgan fingerprint density at radius 1 is 1.11 bits per heavy atom. The molecule has 0 aromatic heterocycles. The Labute approximate surface area is 111 Å². The van der Waals surface area contributed by atoms with Crippen LogP contribution in [-0.2, 0) is 10.2 Å². The molecular weight excluding hydrogens is 222 g/mol. The van der Waals surface area contributed by atoms with Gasteiger partial charge in [0.2, 0.25) is 0 Å². The van der Waals surface area contributed by atoms with Crippen molar-refractivity contribution in [1.29, 1.82) is 0 Å². The number of hydrogen-bond acceptors (Lipinski definition) is 2. The second-order valence-corrected chi connectivity index (χ2v) is 5.94. The fourth-order valence-electron chi connectivity index (χ4n) is 2.34. The maximum absolute atomic E-state index is 11.0. The lowest BCUT2D eigenvalue weighted by molar-refractivity contribution is -0.116. The van der Waals surface area contributed by atoms with Gasteiger partial charge in [-0.05, 0) is 49.9 Å². The summed E-state index contributed by atoms with van der Waals surface area (Å²) in [7, 11) is 0. The van der Waals surface area contributed by atoms with E-state index in [0.29, 0.717) is 6.54 Å². The number of aryl methyl sites for hydroxylation is 3. The van der Waals surface area contributed by atoms with Gasteiger partial charge in [-0.1, -0.05) is 26.0 Å². The molecule has 100 valence electrons. The van der Waals surface area contributed by atoms with Gasteiger partial charge < -0.3 is 5.32 Å². The zero-order chi connectivity index (χ0) is 13.9. The van der Waals surface area contributed by atoms with Crippen molar-refractivity contribution in [2.24, 2.45) is 0 Å². The van der Waals surface area contributed by atoms with Crippen LogP contribution in [0.25, 0.3) is 0 Å². The van der Waals surface area contributed by atoms with E-state index in [4.69, 9.17) is 0 Å². The van der Waals surface area contributed by atoms with Crippen LogP contribution < -0.4 is 5.32 Å². The van der Waals surface area contributed by atoms with E-state index in [1.165, 1.54) is 22.3 Å². The molecule has 2 heteroatoms. The fourth-order valence-corrected chi connectivity index (χ4v) is 2.34. The molecule has 1 aromatic rings. The van der Waals surface area contributed by atoms with Crippen molar-refractivity contribution in [2.75, 3.05) is 13.1 Å². The van der Waals surface area contributed by atoms with Crippen molar-refractivity contribution < 1.29 is 4.79 Å². The molecule has 0 amide bonds. The van der Waals surface area contributed by atoms with E-state index in [9.17, 15) is 4.79 Å². The van der Waals surface area contributed by atoms with E-state index in [1.54, 1.807) is 6.92 Å². The average Bonchev–Trinajstić information content (AvgIpc) is 2.22. The third-order valence-electron chi connectivity index (χ3n) is 3.51. The molecule has 1 rings (SSSR count). The van der Waals surface area contributed by atoms with Gasteiger partial charge in [0.1, 0.15) is 5.78 Å². The van der Waals surface area contributed by atoms with Crippen LogP contribution in [0.3, 0.4) is 0 Å². The molecule has 1 aromatic carbocycles. The first kappa shape index (κ1) is 14.9. The Morgan fingerprint density at radius 3 is 2.22 bits per heavy atom. The summed E-state index contributed by atoms with van der Waals surface area (Å²) in [6.07, 6.45) is 0. The highest BCUT2D eigenvalue weighted by Crippen LogP contribution is 2.28. The zero-order valence-electron chi connectivity index (χ0n) is 12.5. The normalized spacial score (nSPS) is 11.7. The van der Waals surface area contributed by atoms with Gasteiger partial charge in [0.25, 0.3) is 0 Å². The molecule has 0 heterocycles. The predicted octanol–water partition coefficient (Wildman–Crippen LogP) is 3.07. The van der Waals surface area contributed by atoms with Crippen LogP contribution in [-0.4, -0.2) is 18.9 Å². The minimum Gasteiger partial charge on any atom is -0.309 e. The molecule has 0 aliphatic heterocycles. The fraction of sp³-hybridized carbons (Fsp3) is 0.562. The van der Waals surface area contributed by atoms with Gasteiger partial charge in [0.05, 0.1) is 6.54 Å². The first-order valence-electron chi connectivity index (χ1n) is 6.52. The molecule has 1 N–H and O–H groups in total. The maximum Gasteiger partial charge on any atom is 0.143 e. The maximum atomic E-state index is 11.0. The number of Topliss-reactive ketones (excluding diaryl/α,β-unsaturated/α-hetero) is 1. The minimum absolute atomic E-state index is 0.0397. The van der Waals surface area contributed by atoms with Crippen molar-refractivity contribution in [1.82, 2.24) is 5.32 Å². The van der Waals surface area contributed by atoms with Crippen LogP contribution in [0.15, 0.2) is 12.1 Å². The van der Waals surface area contributed by atoms with Gasteiger partial charge in [0, 0.05) is 12.0 Å². The van der Waals surface area contributed by atoms with E-state index in [1.807, 2.05) is 0 Å². The Balaban J connectivity index is 2.90. The van der Waals surface area contributed by atoms with Crippen molar-refractivity contribution in [2.45, 2.75) is 47.0 Å². The number of ketones is 1. The number of carbonyl (C=O) groups is 1. The highest BCUT2D eigenvalue weighted by molar-refractivity contribution is 5.77. The lowest BCUT2D eigenvalue weighted by atomic mass is 9.80. The first-order chi connectivity index (χ1) is 8.24. The highest BCUT2D eigenvalue weighted by Gasteiger charge is 2.22. The summed E-state index contributed by atoms with van der Waals surface area (Å²) in [5.74, 6) is 0.183. The standard InChI is InChI=1S/C16H25NO/c1-11-7-13(3)15(8-12(11)2)16(5,6)10-17-9-14(4)18/h7-8,17H,9-10H2,1-6H3. The summed E-state index contributed by atoms with van der Waals surface area (Å²) in [5, 5.41) is 3.24. The molecular formula is C16H25NO. The number of carbonyl (C=O) groups excluding carboxylic acids is 1. The van der Waals surface area contributed by atoms with Gasteiger partial charge in [-0.3, -0.25) is 4.79 Å². The van der Waals surface area contributed by atoms with Gasteiger partial charge in [-0.15, -0.1) is 0 Å². The van der Waals surface area contributed by atoms with Crippen LogP contribution in [0.4, 0.5) is 0 Å². The summed E-state index contributed by atoms with van der Waals surface area (Å²) in [4.78, 5) is 11.0. The molecule has 0 aliphatic rings. The molecule has 0 bridgehead atoms. The molecule has 18 heavy (non-hydrogen) atoms. The second kappa shape index (κ2) is 5.66. The molecule has 2 nitrogen and oxygen atoms in total. The summed E-state index contributed by atoms with van der Waals surface area (Å²) in [6.45, 7) is 13.8. The topological polar surface area (TPSA) is 29.1 Å². The molecule has 0 radical (unpaired) electrons. The molecule has 0 saturated carbocycles. The lowest BCUT2D eigenvalue weighted by Crippen LogP contribution is -2.35.